The monoisotopic (exact) mass is 442 g/mol. The molecule has 1 atom stereocenters. The summed E-state index contributed by atoms with van der Waals surface area (Å²) >= 11 is 0. The summed E-state index contributed by atoms with van der Waals surface area (Å²) in [7, 11) is 0.876. The second-order valence-corrected chi connectivity index (χ2v) is 5.53. The number of carbonyl (C=O) groups excluding carboxylic acids is 1. The number of benzene rings is 1. The maximum atomic E-state index is 14.1. The van der Waals surface area contributed by atoms with Gasteiger partial charge in [0.15, 0.2) is 0 Å². The standard InChI is InChI=1S/C13H7F9N2O5/c1-28-7-3-2-5(24(26)27)4-6(7)23-8(25)9(14,15)12(20)10(16,17)11(18,19)13(21,22)29-12/h2-4H,1H3,(H,23,25)/t12-/m1/s1. The van der Waals surface area contributed by atoms with Crippen molar-refractivity contribution in [3.8, 4) is 5.75 Å². The van der Waals surface area contributed by atoms with Gasteiger partial charge in [-0.25, -0.2) is 0 Å². The maximum absolute atomic E-state index is 14.1. The zero-order valence-corrected chi connectivity index (χ0v) is 13.6. The van der Waals surface area contributed by atoms with Gasteiger partial charge in [-0.15, -0.1) is 0 Å². The van der Waals surface area contributed by atoms with Crippen LogP contribution in [0.1, 0.15) is 0 Å². The quantitative estimate of drug-likeness (QED) is 0.427. The highest BCUT2D eigenvalue weighted by Gasteiger charge is 2.96. The van der Waals surface area contributed by atoms with Gasteiger partial charge in [0.05, 0.1) is 17.7 Å². The van der Waals surface area contributed by atoms with E-state index >= 15 is 0 Å². The van der Waals surface area contributed by atoms with E-state index in [1.165, 1.54) is 0 Å². The molecule has 29 heavy (non-hydrogen) atoms. The molecule has 0 spiro atoms. The van der Waals surface area contributed by atoms with Gasteiger partial charge in [0, 0.05) is 12.1 Å². The molecule has 2 rings (SSSR count). The number of anilines is 1. The predicted molar refractivity (Wildman–Crippen MR) is 73.0 cm³/mol. The Morgan fingerprint density at radius 3 is 2.10 bits per heavy atom. The molecule has 1 N–H and O–H groups in total. The summed E-state index contributed by atoms with van der Waals surface area (Å²) in [6.07, 6.45) is -6.39. The number of amides is 1. The van der Waals surface area contributed by atoms with Crippen LogP contribution >= 0.6 is 0 Å². The lowest BCUT2D eigenvalue weighted by Crippen LogP contribution is -2.63. The molecule has 1 fully saturated rings. The molecule has 0 bridgehead atoms. The van der Waals surface area contributed by atoms with Crippen molar-refractivity contribution in [3.63, 3.8) is 0 Å². The summed E-state index contributed by atoms with van der Waals surface area (Å²) in [4.78, 5) is 21.3. The number of methoxy groups -OCH3 is 1. The molecular formula is C13H7F9N2O5. The van der Waals surface area contributed by atoms with Crippen LogP contribution in [0.15, 0.2) is 18.2 Å². The fraction of sp³-hybridized carbons (Fsp3) is 0.462. The highest BCUT2D eigenvalue weighted by atomic mass is 19.4. The summed E-state index contributed by atoms with van der Waals surface area (Å²) < 4.78 is 128. The van der Waals surface area contributed by atoms with E-state index in [-0.39, 0.29) is 0 Å². The van der Waals surface area contributed by atoms with E-state index in [9.17, 15) is 54.4 Å². The van der Waals surface area contributed by atoms with Crippen LogP contribution in [-0.4, -0.2) is 47.7 Å². The van der Waals surface area contributed by atoms with Gasteiger partial charge in [-0.05, 0) is 6.07 Å². The number of hydrogen-bond donors (Lipinski definition) is 1. The molecule has 0 aromatic heterocycles. The van der Waals surface area contributed by atoms with Gasteiger partial charge in [-0.3, -0.25) is 19.6 Å². The molecule has 16 heteroatoms. The van der Waals surface area contributed by atoms with Crippen molar-refractivity contribution in [1.82, 2.24) is 0 Å². The number of alkyl halides is 9. The van der Waals surface area contributed by atoms with E-state index in [1.54, 1.807) is 0 Å². The number of hydrogen-bond acceptors (Lipinski definition) is 5. The van der Waals surface area contributed by atoms with Gasteiger partial charge in [0.1, 0.15) is 5.75 Å². The van der Waals surface area contributed by atoms with Crippen molar-refractivity contribution < 1.29 is 58.7 Å². The summed E-state index contributed by atoms with van der Waals surface area (Å²) in [6, 6.07) is 1.88. The van der Waals surface area contributed by atoms with Crippen LogP contribution in [-0.2, 0) is 9.53 Å². The zero-order valence-electron chi connectivity index (χ0n) is 13.6. The minimum Gasteiger partial charge on any atom is -0.495 e. The number of ether oxygens (including phenoxy) is 2. The summed E-state index contributed by atoms with van der Waals surface area (Å²) in [5.41, 5.74) is -1.85. The number of nitro benzene ring substituents is 1. The Kier molecular flexibility index (Phi) is 4.94. The van der Waals surface area contributed by atoms with Crippen LogP contribution in [0, 0.1) is 10.1 Å². The molecular weight excluding hydrogens is 435 g/mol. The van der Waals surface area contributed by atoms with E-state index in [1.807, 2.05) is 0 Å². The van der Waals surface area contributed by atoms with Gasteiger partial charge in [-0.2, -0.15) is 39.5 Å². The minimum absolute atomic E-state index is 0.370. The molecule has 1 amide bonds. The number of halogens is 9. The lowest BCUT2D eigenvalue weighted by atomic mass is 9.99. The number of rotatable bonds is 5. The van der Waals surface area contributed by atoms with Gasteiger partial charge in [0.2, 0.25) is 0 Å². The first-order valence-electron chi connectivity index (χ1n) is 7.00. The first kappa shape index (κ1) is 22.5. The van der Waals surface area contributed by atoms with Crippen LogP contribution in [0.3, 0.4) is 0 Å². The van der Waals surface area contributed by atoms with E-state index in [4.69, 9.17) is 0 Å². The number of nitrogens with one attached hydrogen (secondary N) is 1. The Morgan fingerprint density at radius 2 is 1.69 bits per heavy atom. The van der Waals surface area contributed by atoms with Crippen LogP contribution in [0.5, 0.6) is 5.75 Å². The van der Waals surface area contributed by atoms with Crippen molar-refractivity contribution in [2.24, 2.45) is 0 Å². The van der Waals surface area contributed by atoms with Crippen LogP contribution in [0.2, 0.25) is 0 Å². The normalized spacial score (nSPS) is 24.8. The molecule has 1 saturated heterocycles. The molecule has 0 radical (unpaired) electrons. The molecule has 1 aliphatic rings. The lowest BCUT2D eigenvalue weighted by Gasteiger charge is -2.31. The van der Waals surface area contributed by atoms with E-state index < -0.39 is 57.7 Å². The lowest BCUT2D eigenvalue weighted by molar-refractivity contribution is -0.384. The fourth-order valence-corrected chi connectivity index (χ4v) is 2.20. The second-order valence-electron chi connectivity index (χ2n) is 5.53. The Morgan fingerprint density at radius 1 is 1.14 bits per heavy atom. The van der Waals surface area contributed by atoms with Crippen LogP contribution in [0.25, 0.3) is 0 Å². The fourth-order valence-electron chi connectivity index (χ4n) is 2.20. The van der Waals surface area contributed by atoms with Crippen molar-refractivity contribution in [2.75, 3.05) is 12.4 Å². The Labute approximate surface area is 153 Å². The molecule has 0 unspecified atom stereocenters. The number of nitro groups is 1. The summed E-state index contributed by atoms with van der Waals surface area (Å²) in [5.74, 6) is -30.1. The third kappa shape index (κ3) is 2.92. The molecule has 1 aromatic carbocycles. The van der Waals surface area contributed by atoms with Gasteiger partial charge in [0.25, 0.3) is 5.69 Å². The van der Waals surface area contributed by atoms with Crippen molar-refractivity contribution in [1.29, 1.82) is 0 Å². The predicted octanol–water partition coefficient (Wildman–Crippen LogP) is 3.74. The molecule has 1 heterocycles. The number of nitrogens with zero attached hydrogens (tertiary/aromatic N) is 1. The maximum Gasteiger partial charge on any atom is 0.428 e. The van der Waals surface area contributed by atoms with Crippen molar-refractivity contribution >= 4 is 17.3 Å². The Hall–Kier alpha value is -2.78. The number of carbonyl (C=O) groups is 1. The highest BCUT2D eigenvalue weighted by Crippen LogP contribution is 2.64. The van der Waals surface area contributed by atoms with Crippen molar-refractivity contribution in [2.45, 2.75) is 29.7 Å². The molecule has 7 nitrogen and oxygen atoms in total. The smallest absolute Gasteiger partial charge is 0.428 e. The summed E-state index contributed by atoms with van der Waals surface area (Å²) in [5, 5.41) is 11.7. The largest absolute Gasteiger partial charge is 0.495 e. The Balaban J connectivity index is 2.48. The Bertz CT molecular complexity index is 863. The zero-order chi connectivity index (χ0) is 22.6. The second kappa shape index (κ2) is 6.36. The first-order valence-corrected chi connectivity index (χ1v) is 7.00. The highest BCUT2D eigenvalue weighted by molar-refractivity contribution is 5.98. The van der Waals surface area contributed by atoms with Gasteiger partial charge in [-0.1, -0.05) is 0 Å². The molecule has 1 aromatic rings. The van der Waals surface area contributed by atoms with Crippen LogP contribution in [0.4, 0.5) is 50.9 Å². The van der Waals surface area contributed by atoms with E-state index in [2.05, 4.69) is 9.47 Å². The topological polar surface area (TPSA) is 90.7 Å². The van der Waals surface area contributed by atoms with E-state index in [0.29, 0.717) is 6.07 Å². The third-order valence-corrected chi connectivity index (χ3v) is 3.76. The average Bonchev–Trinajstić information content (AvgIpc) is 2.69. The van der Waals surface area contributed by atoms with Crippen LogP contribution < -0.4 is 10.1 Å². The SMILES string of the molecule is COc1ccc([N+](=O)[O-])cc1NC(=O)C(F)(F)[C@@]1(F)OC(F)(F)C(F)(F)C1(F)F. The average molecular weight is 442 g/mol. The van der Waals surface area contributed by atoms with Gasteiger partial charge < -0.3 is 10.1 Å². The third-order valence-electron chi connectivity index (χ3n) is 3.76. The number of non-ortho nitro benzene ring substituents is 1. The first-order chi connectivity index (χ1) is 13.0. The molecule has 0 saturated carbocycles. The van der Waals surface area contributed by atoms with Gasteiger partial charge >= 0.3 is 35.6 Å². The molecule has 1 aliphatic heterocycles. The summed E-state index contributed by atoms with van der Waals surface area (Å²) in [6.45, 7) is 0. The molecule has 162 valence electrons. The van der Waals surface area contributed by atoms with Crippen molar-refractivity contribution in [3.05, 3.63) is 28.3 Å². The van der Waals surface area contributed by atoms with E-state index in [0.717, 1.165) is 24.6 Å². The molecule has 0 aliphatic carbocycles. The minimum atomic E-state index is -6.85.